The highest BCUT2D eigenvalue weighted by atomic mass is 32.2. The molecule has 32 heavy (non-hydrogen) atoms. The van der Waals surface area contributed by atoms with Crippen molar-refractivity contribution in [2.45, 2.75) is 56.3 Å². The molecule has 0 radical (unpaired) electrons. The summed E-state index contributed by atoms with van der Waals surface area (Å²) in [6.45, 7) is 0. The lowest BCUT2D eigenvalue weighted by Gasteiger charge is -2.30. The van der Waals surface area contributed by atoms with E-state index in [4.69, 9.17) is 9.84 Å². The lowest BCUT2D eigenvalue weighted by molar-refractivity contribution is 0.0696. The number of aromatic carboxylic acids is 1. The largest absolute Gasteiger partial charge is 0.495 e. The molecule has 0 amide bonds. The summed E-state index contributed by atoms with van der Waals surface area (Å²) in [7, 11) is 1.53. The highest BCUT2D eigenvalue weighted by molar-refractivity contribution is 8.00. The van der Waals surface area contributed by atoms with Crippen LogP contribution in [0.4, 0.5) is 5.69 Å². The van der Waals surface area contributed by atoms with Crippen LogP contribution in [0.1, 0.15) is 67.3 Å². The molecule has 0 saturated heterocycles. The van der Waals surface area contributed by atoms with Crippen LogP contribution in [-0.2, 0) is 0 Å². The van der Waals surface area contributed by atoms with Gasteiger partial charge in [0, 0.05) is 16.4 Å². The smallest absolute Gasteiger partial charge is 0.335 e. The van der Waals surface area contributed by atoms with Crippen molar-refractivity contribution >= 4 is 23.6 Å². The Morgan fingerprint density at radius 1 is 1.00 bits per heavy atom. The average Bonchev–Trinajstić information content (AvgIpc) is 3.37. The molecule has 4 nitrogen and oxygen atoms in total. The Morgan fingerprint density at radius 2 is 1.69 bits per heavy atom. The van der Waals surface area contributed by atoms with Crippen molar-refractivity contribution in [3.8, 4) is 17.6 Å². The zero-order valence-electron chi connectivity index (χ0n) is 18.6. The van der Waals surface area contributed by atoms with Gasteiger partial charge >= 0.3 is 5.97 Å². The van der Waals surface area contributed by atoms with Crippen LogP contribution in [0.15, 0.2) is 47.4 Å². The van der Waals surface area contributed by atoms with Crippen molar-refractivity contribution < 1.29 is 14.6 Å². The SMILES string of the molecule is COc1cc(C(=O)O)ccc1NSc1ccc(C#CC2CCC(C3CCCC3)CC2)cc1. The van der Waals surface area contributed by atoms with Crippen LogP contribution >= 0.6 is 11.9 Å². The standard InChI is InChI=1S/C27H31NO3S/c1-31-26-18-23(27(29)30)14-17-25(26)28-32-24-15-10-20(11-16-24)7-6-19-8-12-22(13-9-19)21-4-2-3-5-21/h10-11,14-19,21-22,28H,2-5,8-9,12-13H2,1H3,(H,29,30). The Balaban J connectivity index is 1.28. The summed E-state index contributed by atoms with van der Waals surface area (Å²) in [5.41, 5.74) is 1.99. The Kier molecular flexibility index (Phi) is 7.65. The van der Waals surface area contributed by atoms with E-state index in [1.165, 1.54) is 76.5 Å². The van der Waals surface area contributed by atoms with Gasteiger partial charge in [0.25, 0.3) is 0 Å². The average molecular weight is 450 g/mol. The molecule has 2 saturated carbocycles. The predicted octanol–water partition coefficient (Wildman–Crippen LogP) is 6.86. The second-order valence-electron chi connectivity index (χ2n) is 8.87. The van der Waals surface area contributed by atoms with Gasteiger partial charge in [-0.15, -0.1) is 0 Å². The van der Waals surface area contributed by atoms with Gasteiger partial charge in [0.15, 0.2) is 0 Å². The monoisotopic (exact) mass is 449 g/mol. The topological polar surface area (TPSA) is 58.6 Å². The first kappa shape index (κ1) is 22.6. The molecule has 168 valence electrons. The first-order valence-corrected chi connectivity index (χ1v) is 12.4. The number of carboxylic acid groups (broad SMARTS) is 1. The van der Waals surface area contributed by atoms with Crippen molar-refractivity contribution in [1.82, 2.24) is 0 Å². The number of benzene rings is 2. The van der Waals surface area contributed by atoms with Crippen molar-refractivity contribution in [2.75, 3.05) is 11.8 Å². The molecule has 0 aliphatic heterocycles. The van der Waals surface area contributed by atoms with E-state index in [-0.39, 0.29) is 5.56 Å². The summed E-state index contributed by atoms with van der Waals surface area (Å²) in [5, 5.41) is 9.12. The highest BCUT2D eigenvalue weighted by Gasteiger charge is 2.28. The van der Waals surface area contributed by atoms with Crippen LogP contribution in [0.2, 0.25) is 0 Å². The summed E-state index contributed by atoms with van der Waals surface area (Å²) in [4.78, 5) is 12.2. The molecule has 0 spiro atoms. The van der Waals surface area contributed by atoms with E-state index in [0.29, 0.717) is 11.7 Å². The van der Waals surface area contributed by atoms with Crippen LogP contribution in [-0.4, -0.2) is 18.2 Å². The third-order valence-corrected chi connectivity index (χ3v) is 7.67. The van der Waals surface area contributed by atoms with Crippen LogP contribution in [0.5, 0.6) is 5.75 Å². The molecule has 2 aliphatic carbocycles. The lowest BCUT2D eigenvalue weighted by atomic mass is 9.75. The fraction of sp³-hybridized carbons (Fsp3) is 0.444. The summed E-state index contributed by atoms with van der Waals surface area (Å²) in [6.07, 6.45) is 11.0. The minimum atomic E-state index is -0.971. The van der Waals surface area contributed by atoms with E-state index in [9.17, 15) is 4.79 Å². The summed E-state index contributed by atoms with van der Waals surface area (Å²) in [5.74, 6) is 8.93. The van der Waals surface area contributed by atoms with E-state index in [1.807, 2.05) is 0 Å². The van der Waals surface area contributed by atoms with Crippen LogP contribution in [0.25, 0.3) is 0 Å². The molecule has 2 aromatic carbocycles. The maximum absolute atomic E-state index is 11.1. The van der Waals surface area contributed by atoms with Crippen LogP contribution < -0.4 is 9.46 Å². The summed E-state index contributed by atoms with van der Waals surface area (Å²) >= 11 is 1.46. The first-order valence-electron chi connectivity index (χ1n) is 11.6. The Bertz CT molecular complexity index is 978. The first-order chi connectivity index (χ1) is 15.6. The molecule has 2 aliphatic rings. The quantitative estimate of drug-likeness (QED) is 0.373. The Hall–Kier alpha value is -2.58. The molecular formula is C27H31NO3S. The van der Waals surface area contributed by atoms with Gasteiger partial charge < -0.3 is 14.6 Å². The van der Waals surface area contributed by atoms with Crippen LogP contribution in [0, 0.1) is 29.6 Å². The van der Waals surface area contributed by atoms with Crippen molar-refractivity contribution in [3.05, 3.63) is 53.6 Å². The molecule has 2 fully saturated rings. The van der Waals surface area contributed by atoms with Gasteiger partial charge in [-0.3, -0.25) is 0 Å². The number of methoxy groups -OCH3 is 1. The third kappa shape index (κ3) is 5.81. The van der Waals surface area contributed by atoms with E-state index < -0.39 is 5.97 Å². The molecule has 0 bridgehead atoms. The van der Waals surface area contributed by atoms with Gasteiger partial charge in [-0.2, -0.15) is 0 Å². The van der Waals surface area contributed by atoms with Gasteiger partial charge in [-0.05, 0) is 91.9 Å². The number of carbonyl (C=O) groups is 1. The molecule has 2 N–H and O–H groups in total. The zero-order valence-corrected chi connectivity index (χ0v) is 19.4. The second kappa shape index (κ2) is 10.8. The number of hydrogen-bond acceptors (Lipinski definition) is 4. The van der Waals surface area contributed by atoms with E-state index >= 15 is 0 Å². The van der Waals surface area contributed by atoms with Gasteiger partial charge in [-0.1, -0.05) is 37.5 Å². The van der Waals surface area contributed by atoms with E-state index in [1.54, 1.807) is 12.1 Å². The number of nitrogens with one attached hydrogen (secondary N) is 1. The number of carboxylic acids is 1. The molecule has 2 aromatic rings. The third-order valence-electron chi connectivity index (χ3n) is 6.84. The fourth-order valence-electron chi connectivity index (χ4n) is 4.98. The molecule has 0 unspecified atom stereocenters. The number of rotatable bonds is 6. The van der Waals surface area contributed by atoms with Gasteiger partial charge in [0.05, 0.1) is 18.4 Å². The highest BCUT2D eigenvalue weighted by Crippen LogP contribution is 2.40. The normalized spacial score (nSPS) is 20.9. The molecular weight excluding hydrogens is 418 g/mol. The summed E-state index contributed by atoms with van der Waals surface area (Å²) in [6, 6.07) is 13.0. The van der Waals surface area contributed by atoms with Gasteiger partial charge in [0.2, 0.25) is 0 Å². The molecule has 0 heterocycles. The Morgan fingerprint density at radius 3 is 2.34 bits per heavy atom. The fourth-order valence-corrected chi connectivity index (χ4v) is 5.65. The number of anilines is 1. The minimum Gasteiger partial charge on any atom is -0.495 e. The molecule has 5 heteroatoms. The van der Waals surface area contributed by atoms with E-state index in [2.05, 4.69) is 40.8 Å². The molecule has 4 rings (SSSR count). The van der Waals surface area contributed by atoms with Crippen molar-refractivity contribution in [2.24, 2.45) is 17.8 Å². The lowest BCUT2D eigenvalue weighted by Crippen LogP contribution is -2.19. The van der Waals surface area contributed by atoms with Gasteiger partial charge in [0.1, 0.15) is 5.75 Å². The maximum Gasteiger partial charge on any atom is 0.335 e. The maximum atomic E-state index is 11.1. The zero-order chi connectivity index (χ0) is 22.3. The second-order valence-corrected chi connectivity index (χ2v) is 9.75. The number of hydrogen-bond donors (Lipinski definition) is 2. The van der Waals surface area contributed by atoms with Crippen molar-refractivity contribution in [3.63, 3.8) is 0 Å². The minimum absolute atomic E-state index is 0.201. The Labute approximate surface area is 195 Å². The molecule has 0 aromatic heterocycles. The van der Waals surface area contributed by atoms with Gasteiger partial charge in [-0.25, -0.2) is 4.79 Å². The predicted molar refractivity (Wildman–Crippen MR) is 130 cm³/mol. The van der Waals surface area contributed by atoms with Crippen LogP contribution in [0.3, 0.4) is 0 Å². The van der Waals surface area contributed by atoms with Crippen molar-refractivity contribution in [1.29, 1.82) is 0 Å². The summed E-state index contributed by atoms with van der Waals surface area (Å²) < 4.78 is 8.55. The van der Waals surface area contributed by atoms with E-state index in [0.717, 1.165) is 28.0 Å². The molecule has 0 atom stereocenters. The number of ether oxygens (including phenoxy) is 1.